The van der Waals surface area contributed by atoms with Gasteiger partial charge in [-0.25, -0.2) is 0 Å². The Labute approximate surface area is 93.9 Å². The average molecular weight is 214 g/mol. The maximum Gasteiger partial charge on any atom is 0.0772 e. The fourth-order valence-electron chi connectivity index (χ4n) is 2.75. The zero-order valence-electron chi connectivity index (χ0n) is 10.4. The Hall–Kier alpha value is -0.120. The summed E-state index contributed by atoms with van der Waals surface area (Å²) in [5, 5.41) is 13.3. The van der Waals surface area contributed by atoms with Gasteiger partial charge in [0.2, 0.25) is 0 Å². The fraction of sp³-hybridized carbons (Fsp3) is 1.00. The minimum Gasteiger partial charge on any atom is -0.389 e. The molecule has 0 unspecified atom stereocenters. The predicted molar refractivity (Wildman–Crippen MR) is 64.1 cm³/mol. The Morgan fingerprint density at radius 2 is 1.80 bits per heavy atom. The number of likely N-dealkylation sites (N-methyl/N-ethyl adjacent to an activating group) is 1. The van der Waals surface area contributed by atoms with Crippen molar-refractivity contribution in [3.8, 4) is 0 Å². The third-order valence-corrected chi connectivity index (χ3v) is 3.72. The SMILES string of the molecule is CCN(CC)C1CCC(O)(CNC)CC1. The van der Waals surface area contributed by atoms with Crippen molar-refractivity contribution in [2.45, 2.75) is 51.2 Å². The van der Waals surface area contributed by atoms with Crippen LogP contribution in [0.1, 0.15) is 39.5 Å². The molecule has 0 radical (unpaired) electrons. The third kappa shape index (κ3) is 3.44. The Morgan fingerprint density at radius 1 is 1.27 bits per heavy atom. The van der Waals surface area contributed by atoms with Gasteiger partial charge >= 0.3 is 0 Å². The number of rotatable bonds is 5. The molecule has 0 saturated heterocycles. The van der Waals surface area contributed by atoms with Gasteiger partial charge in [-0.1, -0.05) is 13.8 Å². The summed E-state index contributed by atoms with van der Waals surface area (Å²) in [7, 11) is 1.91. The summed E-state index contributed by atoms with van der Waals surface area (Å²) in [6, 6.07) is 0.692. The first-order valence-electron chi connectivity index (χ1n) is 6.26. The van der Waals surface area contributed by atoms with Crippen molar-refractivity contribution < 1.29 is 5.11 Å². The highest BCUT2D eigenvalue weighted by Gasteiger charge is 2.33. The van der Waals surface area contributed by atoms with Crippen molar-refractivity contribution in [2.75, 3.05) is 26.7 Å². The molecule has 2 N–H and O–H groups in total. The second-order valence-electron chi connectivity index (χ2n) is 4.71. The molecule has 1 saturated carbocycles. The number of nitrogens with zero attached hydrogens (tertiary/aromatic N) is 1. The van der Waals surface area contributed by atoms with Gasteiger partial charge in [0.1, 0.15) is 0 Å². The molecule has 1 aliphatic rings. The maximum atomic E-state index is 10.2. The summed E-state index contributed by atoms with van der Waals surface area (Å²) in [6.07, 6.45) is 4.16. The number of hydrogen-bond acceptors (Lipinski definition) is 3. The van der Waals surface area contributed by atoms with Gasteiger partial charge in [0.05, 0.1) is 5.60 Å². The molecule has 1 fully saturated rings. The van der Waals surface area contributed by atoms with Crippen molar-refractivity contribution in [1.82, 2.24) is 10.2 Å². The molecule has 0 aromatic rings. The highest BCUT2D eigenvalue weighted by atomic mass is 16.3. The van der Waals surface area contributed by atoms with Crippen molar-refractivity contribution >= 4 is 0 Å². The summed E-state index contributed by atoms with van der Waals surface area (Å²) >= 11 is 0. The van der Waals surface area contributed by atoms with Crippen LogP contribution in [0.2, 0.25) is 0 Å². The van der Waals surface area contributed by atoms with Crippen LogP contribution in [0.15, 0.2) is 0 Å². The summed E-state index contributed by atoms with van der Waals surface area (Å²) in [5.41, 5.74) is -0.446. The first-order chi connectivity index (χ1) is 7.15. The van der Waals surface area contributed by atoms with E-state index in [1.54, 1.807) is 0 Å². The minimum absolute atomic E-state index is 0.446. The zero-order valence-corrected chi connectivity index (χ0v) is 10.4. The van der Waals surface area contributed by atoms with E-state index in [-0.39, 0.29) is 0 Å². The van der Waals surface area contributed by atoms with Crippen LogP contribution in [0.4, 0.5) is 0 Å². The van der Waals surface area contributed by atoms with E-state index < -0.39 is 5.60 Å². The van der Waals surface area contributed by atoms with Gasteiger partial charge in [-0.15, -0.1) is 0 Å². The Kier molecular flexibility index (Phi) is 5.03. The Balaban J connectivity index is 2.40. The van der Waals surface area contributed by atoms with Crippen LogP contribution in [0.25, 0.3) is 0 Å². The van der Waals surface area contributed by atoms with E-state index >= 15 is 0 Å². The van der Waals surface area contributed by atoms with E-state index in [9.17, 15) is 5.11 Å². The lowest BCUT2D eigenvalue weighted by Gasteiger charge is -2.40. The van der Waals surface area contributed by atoms with E-state index in [1.165, 1.54) is 0 Å². The smallest absolute Gasteiger partial charge is 0.0772 e. The number of hydrogen-bond donors (Lipinski definition) is 2. The van der Waals surface area contributed by atoms with Gasteiger partial charge in [0, 0.05) is 12.6 Å². The van der Waals surface area contributed by atoms with E-state index in [0.29, 0.717) is 6.04 Å². The molecule has 90 valence electrons. The molecule has 0 amide bonds. The number of aliphatic hydroxyl groups is 1. The first-order valence-corrected chi connectivity index (χ1v) is 6.26. The maximum absolute atomic E-state index is 10.2. The molecule has 1 aliphatic carbocycles. The standard InChI is InChI=1S/C12H26N2O/c1-4-14(5-2)11-6-8-12(15,9-7-11)10-13-3/h11,13,15H,4-10H2,1-3H3. The molecular weight excluding hydrogens is 188 g/mol. The topological polar surface area (TPSA) is 35.5 Å². The summed E-state index contributed by atoms with van der Waals surface area (Å²) < 4.78 is 0. The highest BCUT2D eigenvalue weighted by Crippen LogP contribution is 2.30. The third-order valence-electron chi connectivity index (χ3n) is 3.72. The van der Waals surface area contributed by atoms with Crippen molar-refractivity contribution in [3.63, 3.8) is 0 Å². The molecule has 15 heavy (non-hydrogen) atoms. The van der Waals surface area contributed by atoms with Crippen LogP contribution < -0.4 is 5.32 Å². The van der Waals surface area contributed by atoms with Gasteiger partial charge in [0.25, 0.3) is 0 Å². The van der Waals surface area contributed by atoms with Crippen molar-refractivity contribution in [1.29, 1.82) is 0 Å². The van der Waals surface area contributed by atoms with Gasteiger partial charge in [-0.3, -0.25) is 0 Å². The van der Waals surface area contributed by atoms with Gasteiger partial charge in [-0.2, -0.15) is 0 Å². The van der Waals surface area contributed by atoms with Crippen molar-refractivity contribution in [2.24, 2.45) is 0 Å². The average Bonchev–Trinajstić information content (AvgIpc) is 2.23. The molecule has 0 heterocycles. The van der Waals surface area contributed by atoms with Gasteiger partial charge < -0.3 is 15.3 Å². The van der Waals surface area contributed by atoms with Crippen LogP contribution in [0, 0.1) is 0 Å². The molecule has 1 rings (SSSR count). The molecule has 3 nitrogen and oxygen atoms in total. The van der Waals surface area contributed by atoms with E-state index in [4.69, 9.17) is 0 Å². The lowest BCUT2D eigenvalue weighted by atomic mass is 9.81. The normalized spacial score (nSPS) is 32.2. The molecule has 0 aromatic carbocycles. The quantitative estimate of drug-likeness (QED) is 0.722. The lowest BCUT2D eigenvalue weighted by Crippen LogP contribution is -2.47. The van der Waals surface area contributed by atoms with Crippen LogP contribution in [-0.4, -0.2) is 48.3 Å². The Morgan fingerprint density at radius 3 is 2.20 bits per heavy atom. The second-order valence-corrected chi connectivity index (χ2v) is 4.71. The van der Waals surface area contributed by atoms with Crippen LogP contribution >= 0.6 is 0 Å². The molecule has 0 aliphatic heterocycles. The molecular formula is C12H26N2O. The highest BCUT2D eigenvalue weighted by molar-refractivity contribution is 4.89. The first kappa shape index (κ1) is 12.9. The van der Waals surface area contributed by atoms with Gasteiger partial charge in [0.15, 0.2) is 0 Å². The lowest BCUT2D eigenvalue weighted by molar-refractivity contribution is -0.0167. The van der Waals surface area contributed by atoms with E-state index in [2.05, 4.69) is 24.1 Å². The largest absolute Gasteiger partial charge is 0.389 e. The van der Waals surface area contributed by atoms with Crippen molar-refractivity contribution in [3.05, 3.63) is 0 Å². The van der Waals surface area contributed by atoms with E-state index in [0.717, 1.165) is 45.3 Å². The molecule has 3 heteroatoms. The summed E-state index contributed by atoms with van der Waals surface area (Å²) in [5.74, 6) is 0. The molecule has 0 aromatic heterocycles. The Bertz CT molecular complexity index is 172. The molecule has 0 spiro atoms. The van der Waals surface area contributed by atoms with Crippen LogP contribution in [-0.2, 0) is 0 Å². The van der Waals surface area contributed by atoms with Gasteiger partial charge in [-0.05, 0) is 45.8 Å². The van der Waals surface area contributed by atoms with Crippen LogP contribution in [0.5, 0.6) is 0 Å². The monoisotopic (exact) mass is 214 g/mol. The summed E-state index contributed by atoms with van der Waals surface area (Å²) in [4.78, 5) is 2.51. The fourth-order valence-corrected chi connectivity index (χ4v) is 2.75. The second kappa shape index (κ2) is 5.83. The molecule has 0 atom stereocenters. The van der Waals surface area contributed by atoms with E-state index in [1.807, 2.05) is 7.05 Å². The minimum atomic E-state index is -0.446. The van der Waals surface area contributed by atoms with Crippen LogP contribution in [0.3, 0.4) is 0 Å². The summed E-state index contributed by atoms with van der Waals surface area (Å²) in [6.45, 7) is 7.44. The number of nitrogens with one attached hydrogen (secondary N) is 1. The zero-order chi connectivity index (χ0) is 11.3. The molecule has 0 bridgehead atoms. The predicted octanol–water partition coefficient (Wildman–Crippen LogP) is 1.22.